The first kappa shape index (κ1) is 19.7. The van der Waals surface area contributed by atoms with Crippen LogP contribution in [0, 0.1) is 6.92 Å². The molecule has 1 unspecified atom stereocenters. The molecule has 0 aliphatic carbocycles. The summed E-state index contributed by atoms with van der Waals surface area (Å²) in [7, 11) is 0. The van der Waals surface area contributed by atoms with Crippen molar-refractivity contribution in [3.63, 3.8) is 0 Å². The lowest BCUT2D eigenvalue weighted by Crippen LogP contribution is -2.42. The number of aliphatic imine (C=N–C) groups is 1. The maximum absolute atomic E-state index is 4.67. The third kappa shape index (κ3) is 5.37. The van der Waals surface area contributed by atoms with E-state index in [4.69, 9.17) is 0 Å². The number of nitrogens with zero attached hydrogens (tertiary/aromatic N) is 3. The Morgan fingerprint density at radius 3 is 2.74 bits per heavy atom. The molecule has 2 aromatic rings. The Balaban J connectivity index is 0.00000264. The predicted octanol–water partition coefficient (Wildman–Crippen LogP) is 3.32. The maximum Gasteiger partial charge on any atom is 0.191 e. The number of guanidine groups is 1. The van der Waals surface area contributed by atoms with Crippen LogP contribution in [0.4, 0.5) is 0 Å². The zero-order valence-corrected chi connectivity index (χ0v) is 16.8. The lowest BCUT2D eigenvalue weighted by Gasteiger charge is -2.16. The lowest BCUT2D eigenvalue weighted by atomic mass is 10.3. The number of nitrogens with one attached hydrogen (secondary N) is 2. The smallest absolute Gasteiger partial charge is 0.191 e. The van der Waals surface area contributed by atoms with Gasteiger partial charge in [0.2, 0.25) is 0 Å². The summed E-state index contributed by atoms with van der Waals surface area (Å²) in [4.78, 5) is 9.26. The molecule has 0 aliphatic heterocycles. The second kappa shape index (κ2) is 9.75. The van der Waals surface area contributed by atoms with E-state index in [-0.39, 0.29) is 24.0 Å². The largest absolute Gasteiger partial charge is 0.357 e. The van der Waals surface area contributed by atoms with E-state index < -0.39 is 0 Å². The van der Waals surface area contributed by atoms with Crippen LogP contribution in [0.5, 0.6) is 0 Å². The third-order valence-corrected chi connectivity index (χ3v) is 3.78. The quantitative estimate of drug-likeness (QED) is 0.421. The molecule has 0 aliphatic rings. The highest BCUT2D eigenvalue weighted by atomic mass is 127. The Kier molecular flexibility index (Phi) is 8.36. The van der Waals surface area contributed by atoms with Gasteiger partial charge in [0.15, 0.2) is 5.96 Å². The SMILES string of the molecule is CCNC(=NCCn1c(C)nc2ccccc21)NC(C)CC.I. The normalized spacial score (nSPS) is 12.8. The van der Waals surface area contributed by atoms with Crippen molar-refractivity contribution in [2.45, 2.75) is 46.7 Å². The maximum atomic E-state index is 4.67. The summed E-state index contributed by atoms with van der Waals surface area (Å²) in [5.74, 6) is 1.93. The summed E-state index contributed by atoms with van der Waals surface area (Å²) in [6.45, 7) is 10.9. The van der Waals surface area contributed by atoms with Crippen molar-refractivity contribution in [2.75, 3.05) is 13.1 Å². The van der Waals surface area contributed by atoms with E-state index in [0.29, 0.717) is 6.04 Å². The van der Waals surface area contributed by atoms with Gasteiger partial charge in [0.05, 0.1) is 17.6 Å². The van der Waals surface area contributed by atoms with E-state index in [1.165, 1.54) is 5.52 Å². The van der Waals surface area contributed by atoms with Gasteiger partial charge in [-0.2, -0.15) is 0 Å². The molecule has 0 saturated carbocycles. The number of para-hydroxylation sites is 2. The molecule has 0 saturated heterocycles. The van der Waals surface area contributed by atoms with Gasteiger partial charge in [-0.05, 0) is 39.3 Å². The molecule has 1 aromatic carbocycles. The average molecular weight is 429 g/mol. The summed E-state index contributed by atoms with van der Waals surface area (Å²) in [5, 5.41) is 6.71. The zero-order valence-electron chi connectivity index (χ0n) is 14.5. The number of benzene rings is 1. The number of aromatic nitrogens is 2. The van der Waals surface area contributed by atoms with Crippen molar-refractivity contribution in [1.29, 1.82) is 0 Å². The summed E-state index contributed by atoms with van der Waals surface area (Å²) in [5.41, 5.74) is 2.23. The number of rotatable bonds is 6. The van der Waals surface area contributed by atoms with E-state index in [2.05, 4.69) is 64.1 Å². The highest BCUT2D eigenvalue weighted by molar-refractivity contribution is 14.0. The number of imidazole rings is 1. The van der Waals surface area contributed by atoms with Crippen molar-refractivity contribution in [2.24, 2.45) is 4.99 Å². The van der Waals surface area contributed by atoms with Gasteiger partial charge in [0.1, 0.15) is 5.82 Å². The Bertz CT molecular complexity index is 635. The molecule has 1 atom stereocenters. The first-order valence-electron chi connectivity index (χ1n) is 8.12. The number of hydrogen-bond acceptors (Lipinski definition) is 2. The minimum atomic E-state index is 0. The molecule has 2 N–H and O–H groups in total. The van der Waals surface area contributed by atoms with Crippen LogP contribution in [0.15, 0.2) is 29.3 Å². The second-order valence-electron chi connectivity index (χ2n) is 5.51. The molecular formula is C17H28IN5. The third-order valence-electron chi connectivity index (χ3n) is 3.78. The zero-order chi connectivity index (χ0) is 15.9. The predicted molar refractivity (Wildman–Crippen MR) is 109 cm³/mol. The Morgan fingerprint density at radius 1 is 1.30 bits per heavy atom. The van der Waals surface area contributed by atoms with Gasteiger partial charge in [-0.3, -0.25) is 4.99 Å². The number of hydrogen-bond donors (Lipinski definition) is 2. The van der Waals surface area contributed by atoms with Crippen LogP contribution in [0.1, 0.15) is 33.0 Å². The fraction of sp³-hybridized carbons (Fsp3) is 0.529. The number of halogens is 1. The molecule has 1 aromatic heterocycles. The highest BCUT2D eigenvalue weighted by Gasteiger charge is 2.06. The van der Waals surface area contributed by atoms with Crippen molar-refractivity contribution in [1.82, 2.24) is 20.2 Å². The van der Waals surface area contributed by atoms with E-state index in [1.807, 2.05) is 13.0 Å². The fourth-order valence-electron chi connectivity index (χ4n) is 2.40. The average Bonchev–Trinajstić information content (AvgIpc) is 2.83. The second-order valence-corrected chi connectivity index (χ2v) is 5.51. The van der Waals surface area contributed by atoms with Crippen LogP contribution in [0.2, 0.25) is 0 Å². The standard InChI is InChI=1S/C17H27N5.HI/c1-5-13(3)20-17(18-6-2)19-11-12-22-14(4)21-15-9-7-8-10-16(15)22;/h7-10,13H,5-6,11-12H2,1-4H3,(H2,18,19,20);1H. The Labute approximate surface area is 156 Å². The van der Waals surface area contributed by atoms with E-state index >= 15 is 0 Å². The Morgan fingerprint density at radius 2 is 2.04 bits per heavy atom. The molecule has 1 heterocycles. The van der Waals surface area contributed by atoms with Gasteiger partial charge in [-0.1, -0.05) is 19.1 Å². The van der Waals surface area contributed by atoms with Crippen LogP contribution in [0.3, 0.4) is 0 Å². The summed E-state index contributed by atoms with van der Waals surface area (Å²) < 4.78 is 2.23. The highest BCUT2D eigenvalue weighted by Crippen LogP contribution is 2.14. The molecule has 6 heteroatoms. The molecule has 0 radical (unpaired) electrons. The van der Waals surface area contributed by atoms with Crippen LogP contribution in [-0.4, -0.2) is 34.6 Å². The molecule has 0 spiro atoms. The van der Waals surface area contributed by atoms with Crippen molar-refractivity contribution in [3.05, 3.63) is 30.1 Å². The number of aryl methyl sites for hydroxylation is 1. The molecule has 2 rings (SSSR count). The first-order valence-corrected chi connectivity index (χ1v) is 8.12. The van der Waals surface area contributed by atoms with Gasteiger partial charge in [0.25, 0.3) is 0 Å². The molecule has 0 bridgehead atoms. The topological polar surface area (TPSA) is 54.2 Å². The first-order chi connectivity index (χ1) is 10.7. The summed E-state index contributed by atoms with van der Waals surface area (Å²) >= 11 is 0. The van der Waals surface area contributed by atoms with Crippen molar-refractivity contribution in [3.8, 4) is 0 Å². The van der Waals surface area contributed by atoms with E-state index in [9.17, 15) is 0 Å². The van der Waals surface area contributed by atoms with E-state index in [0.717, 1.165) is 43.4 Å². The molecule has 23 heavy (non-hydrogen) atoms. The molecule has 5 nitrogen and oxygen atoms in total. The Hall–Kier alpha value is -1.31. The summed E-state index contributed by atoms with van der Waals surface area (Å²) in [6.07, 6.45) is 1.08. The number of fused-ring (bicyclic) bond motifs is 1. The van der Waals surface area contributed by atoms with Crippen LogP contribution in [-0.2, 0) is 6.54 Å². The molecule has 0 amide bonds. The lowest BCUT2D eigenvalue weighted by molar-refractivity contribution is 0.620. The minimum Gasteiger partial charge on any atom is -0.357 e. The van der Waals surface area contributed by atoms with Crippen LogP contribution in [0.25, 0.3) is 11.0 Å². The van der Waals surface area contributed by atoms with E-state index in [1.54, 1.807) is 0 Å². The molecular weight excluding hydrogens is 401 g/mol. The summed E-state index contributed by atoms with van der Waals surface area (Å²) in [6, 6.07) is 8.67. The molecule has 128 valence electrons. The monoisotopic (exact) mass is 429 g/mol. The van der Waals surface area contributed by atoms with Gasteiger partial charge < -0.3 is 15.2 Å². The minimum absolute atomic E-state index is 0. The van der Waals surface area contributed by atoms with Crippen molar-refractivity contribution >= 4 is 41.0 Å². The van der Waals surface area contributed by atoms with Gasteiger partial charge in [-0.25, -0.2) is 4.98 Å². The van der Waals surface area contributed by atoms with Gasteiger partial charge in [-0.15, -0.1) is 24.0 Å². The van der Waals surface area contributed by atoms with Crippen LogP contribution >= 0.6 is 24.0 Å². The van der Waals surface area contributed by atoms with Crippen molar-refractivity contribution < 1.29 is 0 Å². The van der Waals surface area contributed by atoms with Gasteiger partial charge in [0, 0.05) is 19.1 Å². The fourth-order valence-corrected chi connectivity index (χ4v) is 2.40. The van der Waals surface area contributed by atoms with Gasteiger partial charge >= 0.3 is 0 Å². The molecule has 0 fully saturated rings. The van der Waals surface area contributed by atoms with Crippen LogP contribution < -0.4 is 10.6 Å².